The molecule has 0 heterocycles. The van der Waals surface area contributed by atoms with Crippen molar-refractivity contribution in [2.45, 2.75) is 45.6 Å². The van der Waals surface area contributed by atoms with Gasteiger partial charge in [-0.1, -0.05) is 37.6 Å². The second-order valence-electron chi connectivity index (χ2n) is 7.64. The number of sulfone groups is 1. The lowest BCUT2D eigenvalue weighted by molar-refractivity contribution is -0.123. The second kappa shape index (κ2) is 6.36. The van der Waals surface area contributed by atoms with Crippen LogP contribution in [0, 0.1) is 17.3 Å². The summed E-state index contributed by atoms with van der Waals surface area (Å²) >= 11 is 0. The molecule has 4 nitrogen and oxygen atoms in total. The molecule has 5 heteroatoms. The maximum Gasteiger partial charge on any atom is 0.224 e. The molecule has 0 unspecified atom stereocenters. The van der Waals surface area contributed by atoms with E-state index in [-0.39, 0.29) is 34.1 Å². The van der Waals surface area contributed by atoms with E-state index in [9.17, 15) is 13.2 Å². The molecule has 1 fully saturated rings. The average molecular weight is 349 g/mol. The van der Waals surface area contributed by atoms with Crippen LogP contribution in [0.1, 0.15) is 46.2 Å². The molecule has 1 saturated carbocycles. The van der Waals surface area contributed by atoms with Gasteiger partial charge in [0.2, 0.25) is 5.91 Å². The Morgan fingerprint density at radius 3 is 2.21 bits per heavy atom. The Morgan fingerprint density at radius 1 is 1.21 bits per heavy atom. The molecule has 0 spiro atoms. The van der Waals surface area contributed by atoms with Crippen LogP contribution in [0.3, 0.4) is 0 Å². The van der Waals surface area contributed by atoms with Crippen molar-refractivity contribution in [3.63, 3.8) is 0 Å². The molecule has 3 atom stereocenters. The van der Waals surface area contributed by atoms with Crippen molar-refractivity contribution in [1.82, 2.24) is 5.32 Å². The van der Waals surface area contributed by atoms with E-state index < -0.39 is 9.84 Å². The Balaban J connectivity index is 2.06. The van der Waals surface area contributed by atoms with Crippen molar-refractivity contribution in [3.05, 3.63) is 41.5 Å². The fourth-order valence-corrected chi connectivity index (χ4v) is 3.87. The lowest BCUT2D eigenvalue weighted by Gasteiger charge is -2.15. The molecule has 24 heavy (non-hydrogen) atoms. The topological polar surface area (TPSA) is 63.2 Å². The minimum Gasteiger partial charge on any atom is -0.349 e. The third-order valence-electron chi connectivity index (χ3n) is 4.87. The molecule has 1 aromatic rings. The van der Waals surface area contributed by atoms with Crippen molar-refractivity contribution in [1.29, 1.82) is 0 Å². The van der Waals surface area contributed by atoms with E-state index in [1.54, 1.807) is 24.3 Å². The Bertz CT molecular complexity index is 756. The van der Waals surface area contributed by atoms with Gasteiger partial charge in [0.15, 0.2) is 9.84 Å². The number of hydrogen-bond acceptors (Lipinski definition) is 3. The molecular weight excluding hydrogens is 322 g/mol. The molecule has 1 aliphatic rings. The van der Waals surface area contributed by atoms with E-state index in [0.29, 0.717) is 0 Å². The summed E-state index contributed by atoms with van der Waals surface area (Å²) in [5.74, 6) is 0.328. The SMILES string of the molecule is CC(C)=C[C@@H]1[C@H](C(=O)N[C@@H](C)c2ccc(S(C)(=O)=O)cc2)C1(C)C. The number of carbonyl (C=O) groups excluding carboxylic acids is 1. The van der Waals surface area contributed by atoms with Gasteiger partial charge in [-0.15, -0.1) is 0 Å². The van der Waals surface area contributed by atoms with Crippen LogP contribution in [-0.4, -0.2) is 20.6 Å². The Hall–Kier alpha value is -1.62. The van der Waals surface area contributed by atoms with Gasteiger partial charge in [-0.25, -0.2) is 8.42 Å². The number of amides is 1. The molecule has 1 aromatic carbocycles. The van der Waals surface area contributed by atoms with Crippen LogP contribution in [0.25, 0.3) is 0 Å². The van der Waals surface area contributed by atoms with Gasteiger partial charge in [0, 0.05) is 6.26 Å². The number of benzene rings is 1. The van der Waals surface area contributed by atoms with E-state index in [2.05, 4.69) is 39.1 Å². The van der Waals surface area contributed by atoms with Crippen LogP contribution in [0.15, 0.2) is 40.8 Å². The van der Waals surface area contributed by atoms with Crippen molar-refractivity contribution in [2.75, 3.05) is 6.26 Å². The molecule has 0 aromatic heterocycles. The van der Waals surface area contributed by atoms with Crippen LogP contribution in [0.4, 0.5) is 0 Å². The molecule has 132 valence electrons. The highest BCUT2D eigenvalue weighted by atomic mass is 32.2. The van der Waals surface area contributed by atoms with Gasteiger partial charge in [-0.3, -0.25) is 4.79 Å². The minimum atomic E-state index is -3.20. The van der Waals surface area contributed by atoms with Crippen LogP contribution in [-0.2, 0) is 14.6 Å². The lowest BCUT2D eigenvalue weighted by atomic mass is 10.1. The summed E-state index contributed by atoms with van der Waals surface area (Å²) in [6.45, 7) is 10.3. The first-order chi connectivity index (χ1) is 10.9. The molecule has 0 bridgehead atoms. The monoisotopic (exact) mass is 349 g/mol. The zero-order valence-corrected chi connectivity index (χ0v) is 16.1. The average Bonchev–Trinajstić information content (AvgIpc) is 2.98. The predicted octanol–water partition coefficient (Wildman–Crippen LogP) is 3.51. The molecule has 1 aliphatic carbocycles. The van der Waals surface area contributed by atoms with Crippen molar-refractivity contribution < 1.29 is 13.2 Å². The smallest absolute Gasteiger partial charge is 0.224 e. The van der Waals surface area contributed by atoms with Gasteiger partial charge in [0.1, 0.15) is 0 Å². The minimum absolute atomic E-state index is 0.00913. The molecular formula is C19H27NO3S. The highest BCUT2D eigenvalue weighted by Crippen LogP contribution is 2.59. The number of nitrogens with one attached hydrogen (secondary N) is 1. The largest absolute Gasteiger partial charge is 0.349 e. The third kappa shape index (κ3) is 3.89. The van der Waals surface area contributed by atoms with Crippen LogP contribution in [0.2, 0.25) is 0 Å². The number of rotatable bonds is 5. The molecule has 0 radical (unpaired) electrons. The fourth-order valence-electron chi connectivity index (χ4n) is 3.24. The Morgan fingerprint density at radius 2 is 1.75 bits per heavy atom. The summed E-state index contributed by atoms with van der Waals surface area (Å²) in [5, 5.41) is 3.06. The number of carbonyl (C=O) groups is 1. The zero-order chi connectivity index (χ0) is 18.3. The van der Waals surface area contributed by atoms with E-state index in [1.807, 2.05) is 6.92 Å². The predicted molar refractivity (Wildman–Crippen MR) is 96.3 cm³/mol. The number of allylic oxidation sites excluding steroid dienone is 2. The van der Waals surface area contributed by atoms with Crippen LogP contribution in [0.5, 0.6) is 0 Å². The summed E-state index contributed by atoms with van der Waals surface area (Å²) in [6, 6.07) is 6.52. The Labute approximate surface area is 145 Å². The number of hydrogen-bond donors (Lipinski definition) is 1. The standard InChI is InChI=1S/C19H27NO3S/c1-12(2)11-16-17(19(16,4)5)18(21)20-13(3)14-7-9-15(10-8-14)24(6,22)23/h7-11,13,16-17H,1-6H3,(H,20,21)/t13-,16+,17+/m0/s1. The first-order valence-electron chi connectivity index (χ1n) is 8.20. The summed E-state index contributed by atoms with van der Waals surface area (Å²) in [6.07, 6.45) is 3.36. The molecule has 1 N–H and O–H groups in total. The molecule has 0 saturated heterocycles. The van der Waals surface area contributed by atoms with Gasteiger partial charge in [0.25, 0.3) is 0 Å². The van der Waals surface area contributed by atoms with Gasteiger partial charge in [0.05, 0.1) is 16.9 Å². The van der Waals surface area contributed by atoms with E-state index in [4.69, 9.17) is 0 Å². The van der Waals surface area contributed by atoms with Gasteiger partial charge >= 0.3 is 0 Å². The fraction of sp³-hybridized carbons (Fsp3) is 0.526. The normalized spacial score (nSPS) is 23.2. The summed E-state index contributed by atoms with van der Waals surface area (Å²) in [7, 11) is -3.20. The summed E-state index contributed by atoms with van der Waals surface area (Å²) in [5.41, 5.74) is 2.11. The zero-order valence-electron chi connectivity index (χ0n) is 15.3. The van der Waals surface area contributed by atoms with E-state index in [1.165, 1.54) is 11.8 Å². The van der Waals surface area contributed by atoms with Gasteiger partial charge in [-0.2, -0.15) is 0 Å². The van der Waals surface area contributed by atoms with Gasteiger partial charge in [-0.05, 0) is 49.8 Å². The van der Waals surface area contributed by atoms with E-state index in [0.717, 1.165) is 5.56 Å². The quantitative estimate of drug-likeness (QED) is 0.828. The molecule has 1 amide bonds. The molecule has 2 rings (SSSR count). The highest BCUT2D eigenvalue weighted by molar-refractivity contribution is 7.90. The summed E-state index contributed by atoms with van der Waals surface area (Å²) < 4.78 is 23.0. The third-order valence-corrected chi connectivity index (χ3v) is 6.00. The summed E-state index contributed by atoms with van der Waals surface area (Å²) in [4.78, 5) is 12.9. The van der Waals surface area contributed by atoms with E-state index >= 15 is 0 Å². The first-order valence-corrected chi connectivity index (χ1v) is 10.1. The Kier molecular flexibility index (Phi) is 4.96. The lowest BCUT2D eigenvalue weighted by Crippen LogP contribution is -2.29. The maximum atomic E-state index is 12.6. The van der Waals surface area contributed by atoms with Crippen molar-refractivity contribution in [3.8, 4) is 0 Å². The van der Waals surface area contributed by atoms with Crippen LogP contribution >= 0.6 is 0 Å². The van der Waals surface area contributed by atoms with Crippen molar-refractivity contribution in [2.24, 2.45) is 17.3 Å². The molecule has 0 aliphatic heterocycles. The maximum absolute atomic E-state index is 12.6. The van der Waals surface area contributed by atoms with Crippen molar-refractivity contribution >= 4 is 15.7 Å². The van der Waals surface area contributed by atoms with Gasteiger partial charge < -0.3 is 5.32 Å². The first kappa shape index (κ1) is 18.7. The second-order valence-corrected chi connectivity index (χ2v) is 9.66. The highest BCUT2D eigenvalue weighted by Gasteiger charge is 2.60. The van der Waals surface area contributed by atoms with Crippen LogP contribution < -0.4 is 5.32 Å².